The van der Waals surface area contributed by atoms with Gasteiger partial charge in [0.1, 0.15) is 6.26 Å². The molecule has 0 atom stereocenters. The van der Waals surface area contributed by atoms with Crippen molar-refractivity contribution in [3.8, 4) is 22.6 Å². The zero-order valence-corrected chi connectivity index (χ0v) is 23.8. The topological polar surface area (TPSA) is 105 Å². The first kappa shape index (κ1) is 26.8. The van der Waals surface area contributed by atoms with Gasteiger partial charge in [-0.15, -0.1) is 0 Å². The second-order valence-corrected chi connectivity index (χ2v) is 11.8. The Morgan fingerprint density at radius 3 is 2.37 bits per heavy atom. The number of hydrogen-bond donors (Lipinski definition) is 1. The summed E-state index contributed by atoms with van der Waals surface area (Å²) in [4.78, 5) is 9.27. The van der Waals surface area contributed by atoms with Gasteiger partial charge in [0.05, 0.1) is 16.8 Å². The number of oxazole rings is 1. The van der Waals surface area contributed by atoms with Gasteiger partial charge in [0, 0.05) is 55.1 Å². The molecule has 6 rings (SSSR count). The molecule has 0 radical (unpaired) electrons. The summed E-state index contributed by atoms with van der Waals surface area (Å²) in [7, 11) is -3.98. The van der Waals surface area contributed by atoms with Crippen LogP contribution >= 0.6 is 0 Å². The van der Waals surface area contributed by atoms with Crippen molar-refractivity contribution in [2.45, 2.75) is 25.3 Å². The van der Waals surface area contributed by atoms with E-state index in [0.717, 1.165) is 42.9 Å². The predicted molar refractivity (Wildman–Crippen MR) is 158 cm³/mol. The molecule has 1 fully saturated rings. The summed E-state index contributed by atoms with van der Waals surface area (Å²) in [6.45, 7) is 7.76. The van der Waals surface area contributed by atoms with Crippen molar-refractivity contribution in [1.29, 1.82) is 0 Å². The maximum absolute atomic E-state index is 13.6. The number of nitrogens with one attached hydrogen (secondary N) is 1. The SMILES string of the molecule is Cc1noc(NS(=O)(=O)c2ccccc2-c2ccc(-c3ncco3)cc2CN2CCN(c3ccccc3)CC2)c1C. The van der Waals surface area contributed by atoms with E-state index < -0.39 is 10.0 Å². The number of anilines is 2. The lowest BCUT2D eigenvalue weighted by molar-refractivity contribution is 0.250. The monoisotopic (exact) mass is 569 g/mol. The number of sulfonamides is 1. The highest BCUT2D eigenvalue weighted by molar-refractivity contribution is 7.92. The van der Waals surface area contributed by atoms with Gasteiger partial charge < -0.3 is 13.8 Å². The van der Waals surface area contributed by atoms with Crippen LogP contribution in [0.5, 0.6) is 0 Å². The molecule has 0 saturated carbocycles. The minimum absolute atomic E-state index is 0.119. The highest BCUT2D eigenvalue weighted by Crippen LogP contribution is 2.35. The average molecular weight is 570 g/mol. The van der Waals surface area contributed by atoms with Crippen LogP contribution in [0.4, 0.5) is 11.6 Å². The van der Waals surface area contributed by atoms with Gasteiger partial charge >= 0.3 is 0 Å². The van der Waals surface area contributed by atoms with Crippen LogP contribution in [0.15, 0.2) is 99.1 Å². The van der Waals surface area contributed by atoms with Crippen molar-refractivity contribution in [2.75, 3.05) is 35.8 Å². The Morgan fingerprint density at radius 2 is 1.66 bits per heavy atom. The molecule has 0 amide bonds. The van der Waals surface area contributed by atoms with E-state index in [2.05, 4.69) is 48.9 Å². The molecular formula is C31H31N5O4S. The minimum Gasteiger partial charge on any atom is -0.445 e. The van der Waals surface area contributed by atoms with Crippen LogP contribution < -0.4 is 9.62 Å². The zero-order chi connectivity index (χ0) is 28.4. The van der Waals surface area contributed by atoms with Crippen molar-refractivity contribution in [3.05, 3.63) is 102 Å². The summed E-state index contributed by atoms with van der Waals surface area (Å²) in [6, 6.07) is 23.4. The third kappa shape index (κ3) is 5.61. The Labute approximate surface area is 239 Å². The summed E-state index contributed by atoms with van der Waals surface area (Å²) < 4.78 is 40.7. The standard InChI is InChI=1S/C31H31N5O4S/c1-22-23(2)33-40-30(22)34-41(37,38)29-11-7-6-10-28(29)27-13-12-24(31-32-14-19-39-31)20-25(27)21-35-15-17-36(18-16-35)26-8-4-3-5-9-26/h3-14,19-20,34H,15-18,21H2,1-2H3. The molecule has 0 bridgehead atoms. The lowest BCUT2D eigenvalue weighted by Crippen LogP contribution is -2.46. The quantitative estimate of drug-likeness (QED) is 0.252. The van der Waals surface area contributed by atoms with Gasteiger partial charge in [0.15, 0.2) is 0 Å². The van der Waals surface area contributed by atoms with Crippen molar-refractivity contribution >= 4 is 21.6 Å². The van der Waals surface area contributed by atoms with Gasteiger partial charge in [-0.3, -0.25) is 4.90 Å². The molecule has 0 spiro atoms. The summed E-state index contributed by atoms with van der Waals surface area (Å²) in [5, 5.41) is 3.89. The third-order valence-corrected chi connectivity index (χ3v) is 8.91. The molecule has 3 heterocycles. The fourth-order valence-corrected chi connectivity index (χ4v) is 6.41. The molecule has 0 unspecified atom stereocenters. The van der Waals surface area contributed by atoms with Crippen LogP contribution in [0.3, 0.4) is 0 Å². The van der Waals surface area contributed by atoms with Crippen LogP contribution in [0.1, 0.15) is 16.8 Å². The smallest absolute Gasteiger partial charge is 0.264 e. The van der Waals surface area contributed by atoms with E-state index in [9.17, 15) is 8.42 Å². The van der Waals surface area contributed by atoms with Gasteiger partial charge in [-0.05, 0) is 55.3 Å². The van der Waals surface area contributed by atoms with Crippen molar-refractivity contribution in [1.82, 2.24) is 15.0 Å². The first-order chi connectivity index (χ1) is 19.9. The zero-order valence-electron chi connectivity index (χ0n) is 22.9. The van der Waals surface area contributed by atoms with Crippen LogP contribution in [0, 0.1) is 13.8 Å². The molecule has 1 aliphatic heterocycles. The average Bonchev–Trinajstić information content (AvgIpc) is 3.65. The number of aromatic nitrogens is 2. The summed E-state index contributed by atoms with van der Waals surface area (Å²) >= 11 is 0. The Bertz CT molecular complexity index is 1740. The number of benzene rings is 3. The van der Waals surface area contributed by atoms with Gasteiger partial charge in [-0.2, -0.15) is 0 Å². The first-order valence-electron chi connectivity index (χ1n) is 13.5. The van der Waals surface area contributed by atoms with Gasteiger partial charge in [0.25, 0.3) is 10.0 Å². The molecule has 1 N–H and O–H groups in total. The fourth-order valence-electron chi connectivity index (χ4n) is 5.14. The molecule has 0 aliphatic carbocycles. The number of para-hydroxylation sites is 1. The molecule has 3 aromatic carbocycles. The number of nitrogens with zero attached hydrogens (tertiary/aromatic N) is 4. The number of aryl methyl sites for hydroxylation is 1. The molecule has 5 aromatic rings. The Hall–Kier alpha value is -4.41. The van der Waals surface area contributed by atoms with E-state index in [1.165, 1.54) is 5.69 Å². The van der Waals surface area contributed by atoms with Crippen LogP contribution in [0.2, 0.25) is 0 Å². The highest BCUT2D eigenvalue weighted by Gasteiger charge is 2.25. The third-order valence-electron chi connectivity index (χ3n) is 7.52. The van der Waals surface area contributed by atoms with Crippen LogP contribution in [-0.2, 0) is 16.6 Å². The largest absolute Gasteiger partial charge is 0.445 e. The fraction of sp³-hybridized carbons (Fsp3) is 0.226. The predicted octanol–water partition coefficient (Wildman–Crippen LogP) is 5.74. The van der Waals surface area contributed by atoms with Crippen LogP contribution in [0.25, 0.3) is 22.6 Å². The second kappa shape index (κ2) is 11.2. The maximum Gasteiger partial charge on any atom is 0.264 e. The molecule has 10 heteroatoms. The molecular weight excluding hydrogens is 538 g/mol. The van der Waals surface area contributed by atoms with E-state index in [1.54, 1.807) is 38.4 Å². The second-order valence-electron chi connectivity index (χ2n) is 10.1. The number of rotatable bonds is 8. The lowest BCUT2D eigenvalue weighted by Gasteiger charge is -2.36. The molecule has 210 valence electrons. The molecule has 2 aromatic heterocycles. The van der Waals surface area contributed by atoms with E-state index in [-0.39, 0.29) is 10.8 Å². The summed E-state index contributed by atoms with van der Waals surface area (Å²) in [5.74, 6) is 0.637. The normalized spacial score (nSPS) is 14.3. The lowest BCUT2D eigenvalue weighted by atomic mass is 9.96. The van der Waals surface area contributed by atoms with Crippen molar-refractivity contribution < 1.29 is 17.4 Å². The van der Waals surface area contributed by atoms with E-state index in [4.69, 9.17) is 8.94 Å². The van der Waals surface area contributed by atoms with E-state index in [1.807, 2.05) is 36.4 Å². The number of hydrogen-bond acceptors (Lipinski definition) is 8. The Morgan fingerprint density at radius 1 is 0.902 bits per heavy atom. The first-order valence-corrected chi connectivity index (χ1v) is 15.0. The summed E-state index contributed by atoms with van der Waals surface area (Å²) in [5.41, 5.74) is 5.76. The van der Waals surface area contributed by atoms with Crippen molar-refractivity contribution in [3.63, 3.8) is 0 Å². The highest BCUT2D eigenvalue weighted by atomic mass is 32.2. The molecule has 1 saturated heterocycles. The Balaban J connectivity index is 1.33. The molecule has 41 heavy (non-hydrogen) atoms. The van der Waals surface area contributed by atoms with Gasteiger partial charge in [-0.25, -0.2) is 18.1 Å². The van der Waals surface area contributed by atoms with Gasteiger partial charge in [0.2, 0.25) is 11.8 Å². The van der Waals surface area contributed by atoms with E-state index in [0.29, 0.717) is 29.3 Å². The van der Waals surface area contributed by atoms with Crippen LogP contribution in [-0.4, -0.2) is 49.6 Å². The molecule has 9 nitrogen and oxygen atoms in total. The maximum atomic E-state index is 13.6. The summed E-state index contributed by atoms with van der Waals surface area (Å²) in [6.07, 6.45) is 3.17. The number of piperazine rings is 1. The minimum atomic E-state index is -3.98. The van der Waals surface area contributed by atoms with Gasteiger partial charge in [-0.1, -0.05) is 47.6 Å². The van der Waals surface area contributed by atoms with Crippen molar-refractivity contribution in [2.24, 2.45) is 0 Å². The Kier molecular flexibility index (Phi) is 7.34. The van der Waals surface area contributed by atoms with E-state index >= 15 is 0 Å². The molecule has 1 aliphatic rings.